The van der Waals surface area contributed by atoms with E-state index in [0.29, 0.717) is 35.2 Å². The zero-order valence-electron chi connectivity index (χ0n) is 24.5. The maximum atomic E-state index is 11.9. The summed E-state index contributed by atoms with van der Waals surface area (Å²) in [6.07, 6.45) is 13.0. The number of carbonyl (C=O) groups is 1. The predicted octanol–water partition coefficient (Wildman–Crippen LogP) is 8.34. The fraction of sp³-hybridized carbons (Fsp3) is 0.968. The first-order valence-electron chi connectivity index (χ1n) is 15.1. The van der Waals surface area contributed by atoms with E-state index >= 15 is 0 Å². The minimum Gasteiger partial charge on any atom is -0.469 e. The lowest BCUT2D eigenvalue weighted by Gasteiger charge is -2.66. The number of carbonyl (C=O) groups excluding carboxylic acids is 1. The minimum atomic E-state index is -1.66. The van der Waals surface area contributed by atoms with Crippen LogP contribution in [0.3, 0.4) is 0 Å². The summed E-state index contributed by atoms with van der Waals surface area (Å²) in [4.78, 5) is 11.9. The molecular formula is C31H56O3Si. The minimum absolute atomic E-state index is 0.0487. The number of rotatable bonds is 7. The van der Waals surface area contributed by atoms with Crippen LogP contribution in [0, 0.1) is 58.2 Å². The van der Waals surface area contributed by atoms with Gasteiger partial charge in [-0.2, -0.15) is 0 Å². The Morgan fingerprint density at radius 2 is 1.66 bits per heavy atom. The Morgan fingerprint density at radius 1 is 1.00 bits per heavy atom. The third-order valence-corrected chi connectivity index (χ3v) is 12.9. The van der Waals surface area contributed by atoms with Crippen molar-refractivity contribution in [3.8, 4) is 0 Å². The topological polar surface area (TPSA) is 35.5 Å². The maximum absolute atomic E-state index is 11.9. The molecule has 4 aliphatic carbocycles. The van der Waals surface area contributed by atoms with E-state index in [1.165, 1.54) is 58.5 Å². The van der Waals surface area contributed by atoms with Gasteiger partial charge in [-0.15, -0.1) is 0 Å². The molecule has 0 N–H and O–H groups in total. The molecule has 4 rings (SSSR count). The normalized spacial score (nSPS) is 46.3. The largest absolute Gasteiger partial charge is 0.469 e. The molecule has 4 heteroatoms. The van der Waals surface area contributed by atoms with Crippen molar-refractivity contribution in [1.82, 2.24) is 0 Å². The van der Waals surface area contributed by atoms with Gasteiger partial charge in [-0.05, 0) is 123 Å². The highest BCUT2D eigenvalue weighted by atomic mass is 28.4. The molecule has 0 spiro atoms. The number of methoxy groups -OCH3 is 1. The van der Waals surface area contributed by atoms with Gasteiger partial charge in [0.15, 0.2) is 8.32 Å². The molecule has 4 aliphatic rings. The lowest BCUT2D eigenvalue weighted by atomic mass is 9.41. The van der Waals surface area contributed by atoms with Crippen LogP contribution in [0.5, 0.6) is 0 Å². The molecular weight excluding hydrogens is 448 g/mol. The van der Waals surface area contributed by atoms with E-state index in [2.05, 4.69) is 54.3 Å². The molecule has 0 aromatic heterocycles. The molecule has 0 aromatic rings. The predicted molar refractivity (Wildman–Crippen MR) is 148 cm³/mol. The standard InChI is InChI=1S/C31H56O3Si/c1-10-22-26-19-20(2)15-17-31(26,5)25-16-18-30(4)23(21(3)11-14-27(32)33-6)12-13-24(30)28(25)29(22)34-35(7,8)9/h20-26,28-29H,10-19H2,1-9H3/t20-,21-,22-,23-,24+,25+,26+,28+,29-,30-,31-/m1/s1. The van der Waals surface area contributed by atoms with Crippen LogP contribution < -0.4 is 0 Å². The molecule has 0 bridgehead atoms. The van der Waals surface area contributed by atoms with Crippen molar-refractivity contribution in [2.75, 3.05) is 7.11 Å². The van der Waals surface area contributed by atoms with Crippen LogP contribution in [0.15, 0.2) is 0 Å². The summed E-state index contributed by atoms with van der Waals surface area (Å²) in [6, 6.07) is 0. The van der Waals surface area contributed by atoms with Crippen LogP contribution in [0.2, 0.25) is 19.6 Å². The molecule has 0 radical (unpaired) electrons. The Morgan fingerprint density at radius 3 is 2.29 bits per heavy atom. The third kappa shape index (κ3) is 4.93. The van der Waals surface area contributed by atoms with Crippen molar-refractivity contribution < 1.29 is 14.0 Å². The zero-order chi connectivity index (χ0) is 25.8. The van der Waals surface area contributed by atoms with E-state index in [9.17, 15) is 4.79 Å². The SMILES string of the molecule is CC[C@H]1[C@@H](O[Si](C)(C)C)[C@@H]2[C@H](CC[C@]3(C)[C@@H]([C@H](C)CCC(=O)OC)CC[C@@H]23)[C@@]2(C)CC[C@@H](C)C[C@@H]12. The molecule has 0 amide bonds. The van der Waals surface area contributed by atoms with Crippen LogP contribution in [-0.4, -0.2) is 27.5 Å². The highest BCUT2D eigenvalue weighted by Gasteiger charge is 2.65. The molecule has 0 heterocycles. The third-order valence-electron chi connectivity index (χ3n) is 11.9. The lowest BCUT2D eigenvalue weighted by Crippen LogP contribution is -2.63. The molecule has 3 nitrogen and oxygen atoms in total. The Hall–Kier alpha value is -0.353. The molecule has 0 aliphatic heterocycles. The first-order valence-corrected chi connectivity index (χ1v) is 18.5. The van der Waals surface area contributed by atoms with Gasteiger partial charge in [0.25, 0.3) is 0 Å². The Labute approximate surface area is 218 Å². The number of fused-ring (bicyclic) bond motifs is 5. The second-order valence-electron chi connectivity index (χ2n) is 14.9. The van der Waals surface area contributed by atoms with Crippen molar-refractivity contribution in [2.24, 2.45) is 58.2 Å². The molecule has 4 saturated carbocycles. The van der Waals surface area contributed by atoms with E-state index in [1.54, 1.807) is 0 Å². The van der Waals surface area contributed by atoms with Gasteiger partial charge in [-0.3, -0.25) is 4.79 Å². The fourth-order valence-electron chi connectivity index (χ4n) is 10.3. The average molecular weight is 505 g/mol. The number of esters is 1. The van der Waals surface area contributed by atoms with Crippen molar-refractivity contribution in [1.29, 1.82) is 0 Å². The maximum Gasteiger partial charge on any atom is 0.305 e. The smallest absolute Gasteiger partial charge is 0.305 e. The quantitative estimate of drug-likeness (QED) is 0.258. The van der Waals surface area contributed by atoms with Crippen LogP contribution >= 0.6 is 0 Å². The zero-order valence-corrected chi connectivity index (χ0v) is 25.5. The average Bonchev–Trinajstić information content (AvgIpc) is 3.14. The van der Waals surface area contributed by atoms with Gasteiger partial charge >= 0.3 is 5.97 Å². The van der Waals surface area contributed by atoms with E-state index in [4.69, 9.17) is 9.16 Å². The Bertz CT molecular complexity index is 761. The Balaban J connectivity index is 1.67. The van der Waals surface area contributed by atoms with Gasteiger partial charge in [-0.25, -0.2) is 0 Å². The molecule has 0 unspecified atom stereocenters. The van der Waals surface area contributed by atoms with Crippen LogP contribution in [0.4, 0.5) is 0 Å². The van der Waals surface area contributed by atoms with Gasteiger partial charge in [0.05, 0.1) is 13.2 Å². The van der Waals surface area contributed by atoms with E-state index in [1.807, 2.05) is 0 Å². The van der Waals surface area contributed by atoms with E-state index < -0.39 is 8.32 Å². The van der Waals surface area contributed by atoms with Crippen LogP contribution in [0.1, 0.15) is 98.8 Å². The summed E-state index contributed by atoms with van der Waals surface area (Å²) in [5, 5.41) is 0. The second kappa shape index (κ2) is 10.1. The van der Waals surface area contributed by atoms with Crippen molar-refractivity contribution >= 4 is 14.3 Å². The first kappa shape index (κ1) is 27.7. The highest BCUT2D eigenvalue weighted by molar-refractivity contribution is 6.69. The Kier molecular flexibility index (Phi) is 7.97. The van der Waals surface area contributed by atoms with Crippen molar-refractivity contribution in [2.45, 2.75) is 125 Å². The van der Waals surface area contributed by atoms with Gasteiger partial charge in [0.2, 0.25) is 0 Å². The summed E-state index contributed by atoms with van der Waals surface area (Å²) in [7, 11) is -0.144. The summed E-state index contributed by atoms with van der Waals surface area (Å²) in [5.74, 6) is 6.00. The monoisotopic (exact) mass is 504 g/mol. The van der Waals surface area contributed by atoms with E-state index in [-0.39, 0.29) is 5.97 Å². The fourth-order valence-corrected chi connectivity index (χ4v) is 11.5. The molecule has 202 valence electrons. The number of ether oxygens (including phenoxy) is 1. The first-order chi connectivity index (χ1) is 16.4. The van der Waals surface area contributed by atoms with Crippen LogP contribution in [-0.2, 0) is 14.0 Å². The molecule has 4 fully saturated rings. The van der Waals surface area contributed by atoms with Gasteiger partial charge in [0.1, 0.15) is 0 Å². The summed E-state index contributed by atoms with van der Waals surface area (Å²) < 4.78 is 12.3. The summed E-state index contributed by atoms with van der Waals surface area (Å²) >= 11 is 0. The van der Waals surface area contributed by atoms with Gasteiger partial charge in [0, 0.05) is 6.42 Å². The molecule has 35 heavy (non-hydrogen) atoms. The van der Waals surface area contributed by atoms with Crippen LogP contribution in [0.25, 0.3) is 0 Å². The summed E-state index contributed by atoms with van der Waals surface area (Å²) in [5.41, 5.74) is 0.883. The number of hydrogen-bond acceptors (Lipinski definition) is 3. The highest BCUT2D eigenvalue weighted by Crippen LogP contribution is 2.70. The lowest BCUT2D eigenvalue weighted by molar-refractivity contribution is -0.193. The van der Waals surface area contributed by atoms with E-state index in [0.717, 1.165) is 41.9 Å². The summed E-state index contributed by atoms with van der Waals surface area (Å²) in [6.45, 7) is 20.0. The van der Waals surface area contributed by atoms with Crippen molar-refractivity contribution in [3.05, 3.63) is 0 Å². The molecule has 0 aromatic carbocycles. The number of hydrogen-bond donors (Lipinski definition) is 0. The van der Waals surface area contributed by atoms with Crippen molar-refractivity contribution in [3.63, 3.8) is 0 Å². The second-order valence-corrected chi connectivity index (χ2v) is 19.3. The molecule has 11 atom stereocenters. The van der Waals surface area contributed by atoms with Gasteiger partial charge in [-0.1, -0.05) is 47.5 Å². The molecule has 0 saturated heterocycles. The van der Waals surface area contributed by atoms with Gasteiger partial charge < -0.3 is 9.16 Å².